The number of hydrogen-bond donors (Lipinski definition) is 0. The summed E-state index contributed by atoms with van der Waals surface area (Å²) in [4.78, 5) is 8.17. The van der Waals surface area contributed by atoms with Gasteiger partial charge >= 0.3 is 0 Å². The van der Waals surface area contributed by atoms with Crippen LogP contribution < -0.4 is 15.9 Å². The molecule has 0 unspecified atom stereocenters. The fourth-order valence-corrected chi connectivity index (χ4v) is 13.2. The first-order chi connectivity index (χ1) is 29.3. The quantitative estimate of drug-likeness (QED) is 0.127. The van der Waals surface area contributed by atoms with Gasteiger partial charge in [0.15, 0.2) is 0 Å². The Labute approximate surface area is 349 Å². The second-order valence-electron chi connectivity index (χ2n) is 15.4. The minimum absolute atomic E-state index is 0.443. The van der Waals surface area contributed by atoms with Crippen molar-refractivity contribution < 1.29 is 0 Å². The molecule has 0 fully saturated rings. The van der Waals surface area contributed by atoms with Crippen LogP contribution in [0.4, 0.5) is 0 Å². The molecule has 0 atom stereocenters. The van der Waals surface area contributed by atoms with Crippen molar-refractivity contribution >= 4 is 57.3 Å². The summed E-state index contributed by atoms with van der Waals surface area (Å²) in [6, 6.07) is 80.8. The van der Waals surface area contributed by atoms with E-state index in [1.165, 1.54) is 75.4 Å². The Kier molecular flexibility index (Phi) is 8.05. The van der Waals surface area contributed by atoms with E-state index in [0.717, 1.165) is 27.7 Å². The molecule has 276 valence electrons. The van der Waals surface area contributed by atoms with E-state index in [2.05, 4.69) is 218 Å². The maximum Gasteiger partial charge on any atom is 0.0788 e. The Hall–Kier alpha value is -6.57. The van der Waals surface area contributed by atoms with Crippen molar-refractivity contribution in [2.75, 3.05) is 0 Å². The SMILES string of the molecule is c1ccc(-c2nc3cc(-c4ccc(P(c5ccccc5)c5ccccc5)cc4)ccc3c3cc4c(cc23)-c2ccccc2C42c3ccccc3Sc3ccccc32)cc1. The van der Waals surface area contributed by atoms with E-state index < -0.39 is 13.3 Å². The number of hydrogen-bond acceptors (Lipinski definition) is 2. The first-order valence-corrected chi connectivity index (χ1v) is 22.4. The standard InChI is InChI=1S/C56H36NPS/c1-4-16-38(17-5-1)55-47-35-46-43-22-10-11-23-48(43)56(49-24-12-14-26-53(49)59-54-27-15-13-25-50(54)56)51(46)36-45(47)44-33-30-39(34-52(44)57-55)37-28-31-42(32-29-37)58(40-18-6-2-7-19-40)41-20-8-3-9-21-41/h1-36H. The lowest BCUT2D eigenvalue weighted by atomic mass is 9.67. The van der Waals surface area contributed by atoms with Gasteiger partial charge in [0.1, 0.15) is 0 Å². The molecule has 10 aromatic rings. The van der Waals surface area contributed by atoms with Gasteiger partial charge in [-0.25, -0.2) is 4.98 Å². The Balaban J connectivity index is 1.07. The first kappa shape index (κ1) is 34.5. The topological polar surface area (TPSA) is 12.9 Å². The largest absolute Gasteiger partial charge is 0.247 e. The highest BCUT2D eigenvalue weighted by atomic mass is 32.2. The Morgan fingerprint density at radius 1 is 0.356 bits per heavy atom. The third-order valence-corrected chi connectivity index (χ3v) is 15.9. The average Bonchev–Trinajstić information content (AvgIpc) is 3.59. The van der Waals surface area contributed by atoms with Crippen molar-refractivity contribution in [3.8, 4) is 33.5 Å². The summed E-state index contributed by atoms with van der Waals surface area (Å²) in [6.45, 7) is 0. The number of nitrogens with zero attached hydrogens (tertiary/aromatic N) is 1. The second-order valence-corrected chi connectivity index (χ2v) is 18.7. The van der Waals surface area contributed by atoms with Crippen molar-refractivity contribution in [3.63, 3.8) is 0 Å². The molecule has 2 aliphatic rings. The molecule has 0 saturated carbocycles. The van der Waals surface area contributed by atoms with E-state index in [9.17, 15) is 0 Å². The van der Waals surface area contributed by atoms with Crippen LogP contribution in [0.3, 0.4) is 0 Å². The summed E-state index contributed by atoms with van der Waals surface area (Å²) in [7, 11) is -0.680. The molecule has 1 aromatic heterocycles. The molecule has 9 aromatic carbocycles. The predicted octanol–water partition coefficient (Wildman–Crippen LogP) is 13.3. The smallest absolute Gasteiger partial charge is 0.0788 e. The molecule has 3 heteroatoms. The van der Waals surface area contributed by atoms with Crippen LogP contribution in [0.1, 0.15) is 22.3 Å². The maximum absolute atomic E-state index is 5.54. The monoisotopic (exact) mass is 785 g/mol. The summed E-state index contributed by atoms with van der Waals surface area (Å²) in [6.07, 6.45) is 0. The summed E-state index contributed by atoms with van der Waals surface area (Å²) in [5.74, 6) is 0. The molecule has 2 heterocycles. The van der Waals surface area contributed by atoms with Crippen LogP contribution >= 0.6 is 19.7 Å². The number of rotatable bonds is 5. The van der Waals surface area contributed by atoms with Crippen molar-refractivity contribution in [1.82, 2.24) is 4.98 Å². The number of aromatic nitrogens is 1. The first-order valence-electron chi connectivity index (χ1n) is 20.2. The highest BCUT2D eigenvalue weighted by molar-refractivity contribution is 7.99. The molecule has 1 aliphatic heterocycles. The van der Waals surface area contributed by atoms with Crippen molar-refractivity contribution in [3.05, 3.63) is 241 Å². The lowest BCUT2D eigenvalue weighted by molar-refractivity contribution is 0.723. The summed E-state index contributed by atoms with van der Waals surface area (Å²) >= 11 is 1.89. The Morgan fingerprint density at radius 2 is 0.898 bits per heavy atom. The van der Waals surface area contributed by atoms with E-state index in [1.807, 2.05) is 11.8 Å². The maximum atomic E-state index is 5.54. The molecule has 0 radical (unpaired) electrons. The van der Waals surface area contributed by atoms with Gasteiger partial charge in [0.05, 0.1) is 16.6 Å². The molecule has 1 aliphatic carbocycles. The van der Waals surface area contributed by atoms with Crippen LogP contribution in [0, 0.1) is 0 Å². The molecule has 59 heavy (non-hydrogen) atoms. The zero-order chi connectivity index (χ0) is 38.9. The van der Waals surface area contributed by atoms with E-state index in [0.29, 0.717) is 0 Å². The molecule has 1 spiro atoms. The summed E-state index contributed by atoms with van der Waals surface area (Å²) in [5, 5.41) is 7.61. The van der Waals surface area contributed by atoms with Crippen molar-refractivity contribution in [2.45, 2.75) is 15.2 Å². The summed E-state index contributed by atoms with van der Waals surface area (Å²) < 4.78 is 0. The normalized spacial score (nSPS) is 13.3. The number of pyridine rings is 1. The molecular formula is C56H36NPS. The third-order valence-electron chi connectivity index (χ3n) is 12.3. The van der Waals surface area contributed by atoms with Crippen LogP contribution in [0.25, 0.3) is 55.2 Å². The minimum atomic E-state index is -0.680. The second kappa shape index (κ2) is 13.8. The van der Waals surface area contributed by atoms with E-state index in [1.54, 1.807) is 0 Å². The van der Waals surface area contributed by atoms with Gasteiger partial charge in [-0.15, -0.1) is 0 Å². The van der Waals surface area contributed by atoms with Crippen LogP contribution in [0.2, 0.25) is 0 Å². The van der Waals surface area contributed by atoms with Gasteiger partial charge in [-0.05, 0) is 104 Å². The minimum Gasteiger partial charge on any atom is -0.247 e. The van der Waals surface area contributed by atoms with E-state index >= 15 is 0 Å². The number of fused-ring (bicyclic) bond motifs is 12. The zero-order valence-corrected chi connectivity index (χ0v) is 33.8. The lowest BCUT2D eigenvalue weighted by Crippen LogP contribution is -2.31. The lowest BCUT2D eigenvalue weighted by Gasteiger charge is -2.39. The van der Waals surface area contributed by atoms with Crippen LogP contribution in [0.15, 0.2) is 228 Å². The zero-order valence-electron chi connectivity index (χ0n) is 32.1. The summed E-state index contributed by atoms with van der Waals surface area (Å²) in [5.41, 5.74) is 13.0. The molecular weight excluding hydrogens is 750 g/mol. The van der Waals surface area contributed by atoms with Crippen LogP contribution in [-0.2, 0) is 5.41 Å². The van der Waals surface area contributed by atoms with Gasteiger partial charge in [-0.3, -0.25) is 0 Å². The fourth-order valence-electron chi connectivity index (χ4n) is 9.75. The molecule has 0 N–H and O–H groups in total. The predicted molar refractivity (Wildman–Crippen MR) is 250 cm³/mol. The molecule has 0 bridgehead atoms. The van der Waals surface area contributed by atoms with Gasteiger partial charge in [0.25, 0.3) is 0 Å². The molecule has 0 amide bonds. The fraction of sp³-hybridized carbons (Fsp3) is 0.0179. The van der Waals surface area contributed by atoms with Gasteiger partial charge < -0.3 is 0 Å². The Morgan fingerprint density at radius 3 is 1.56 bits per heavy atom. The average molecular weight is 786 g/mol. The number of benzene rings is 9. The van der Waals surface area contributed by atoms with Crippen molar-refractivity contribution in [1.29, 1.82) is 0 Å². The van der Waals surface area contributed by atoms with Gasteiger partial charge in [0, 0.05) is 26.1 Å². The van der Waals surface area contributed by atoms with Crippen molar-refractivity contribution in [2.24, 2.45) is 0 Å². The van der Waals surface area contributed by atoms with E-state index in [-0.39, 0.29) is 0 Å². The van der Waals surface area contributed by atoms with E-state index in [4.69, 9.17) is 4.98 Å². The molecule has 0 saturated heterocycles. The third kappa shape index (κ3) is 5.34. The highest BCUT2D eigenvalue weighted by Gasteiger charge is 2.50. The van der Waals surface area contributed by atoms with Crippen LogP contribution in [-0.4, -0.2) is 4.98 Å². The van der Waals surface area contributed by atoms with Gasteiger partial charge in [-0.2, -0.15) is 0 Å². The van der Waals surface area contributed by atoms with Gasteiger partial charge in [0.2, 0.25) is 0 Å². The van der Waals surface area contributed by atoms with Gasteiger partial charge in [-0.1, -0.05) is 200 Å². The molecule has 1 nitrogen and oxygen atoms in total. The Bertz CT molecular complexity index is 3150. The van der Waals surface area contributed by atoms with Crippen LogP contribution in [0.5, 0.6) is 0 Å². The highest BCUT2D eigenvalue weighted by Crippen LogP contribution is 2.62. The molecule has 12 rings (SSSR count).